The van der Waals surface area contributed by atoms with Gasteiger partial charge in [0.2, 0.25) is 0 Å². The van der Waals surface area contributed by atoms with Crippen molar-refractivity contribution in [2.75, 3.05) is 40.5 Å². The third kappa shape index (κ3) is 4.54. The average molecular weight is 511 g/mol. The monoisotopic (exact) mass is 510 g/mol. The molecule has 1 fully saturated rings. The van der Waals surface area contributed by atoms with E-state index in [1.165, 1.54) is 24.8 Å². The number of carbonyl (C=O) groups is 1. The third-order valence-corrected chi connectivity index (χ3v) is 7.91. The van der Waals surface area contributed by atoms with Crippen molar-refractivity contribution in [2.45, 2.75) is 32.2 Å². The lowest BCUT2D eigenvalue weighted by Crippen LogP contribution is -2.33. The molecular formula is C32H34N2O4. The first-order valence-corrected chi connectivity index (χ1v) is 13.5. The van der Waals surface area contributed by atoms with Crippen molar-refractivity contribution < 1.29 is 19.0 Å². The Morgan fingerprint density at radius 1 is 0.816 bits per heavy atom. The summed E-state index contributed by atoms with van der Waals surface area (Å²) in [6.45, 7) is 4.71. The summed E-state index contributed by atoms with van der Waals surface area (Å²) in [6.07, 6.45) is 4.76. The average Bonchev–Trinajstić information content (AvgIpc) is 3.31. The van der Waals surface area contributed by atoms with Gasteiger partial charge in [-0.2, -0.15) is 0 Å². The Morgan fingerprint density at radius 2 is 1.53 bits per heavy atom. The van der Waals surface area contributed by atoms with Gasteiger partial charge in [-0.15, -0.1) is 0 Å². The summed E-state index contributed by atoms with van der Waals surface area (Å²) in [4.78, 5) is 16.6. The van der Waals surface area contributed by atoms with Crippen LogP contribution in [-0.2, 0) is 13.0 Å². The number of benzene rings is 3. The summed E-state index contributed by atoms with van der Waals surface area (Å²) in [5, 5.41) is 0.941. The molecule has 0 atom stereocenters. The Labute approximate surface area is 223 Å². The second-order valence-corrected chi connectivity index (χ2v) is 10.1. The van der Waals surface area contributed by atoms with E-state index in [2.05, 4.69) is 21.6 Å². The first-order valence-electron chi connectivity index (χ1n) is 13.5. The fourth-order valence-corrected chi connectivity index (χ4v) is 5.89. The number of piperidine rings is 1. The van der Waals surface area contributed by atoms with Gasteiger partial charge in [0.1, 0.15) is 23.9 Å². The summed E-state index contributed by atoms with van der Waals surface area (Å²) in [5.74, 6) is 2.42. The van der Waals surface area contributed by atoms with Gasteiger partial charge in [-0.1, -0.05) is 6.42 Å². The Bertz CT molecular complexity index is 1470. The molecule has 0 aliphatic carbocycles. The number of methoxy groups -OCH3 is 2. The van der Waals surface area contributed by atoms with Crippen molar-refractivity contribution in [3.05, 3.63) is 77.4 Å². The number of nitrogens with zero attached hydrogens (tertiary/aromatic N) is 2. The Morgan fingerprint density at radius 3 is 2.29 bits per heavy atom. The zero-order chi connectivity index (χ0) is 26.1. The van der Waals surface area contributed by atoms with Crippen LogP contribution in [0.1, 0.15) is 40.7 Å². The molecule has 0 bridgehead atoms. The predicted molar refractivity (Wildman–Crippen MR) is 150 cm³/mol. The molecule has 3 aromatic carbocycles. The van der Waals surface area contributed by atoms with E-state index in [0.29, 0.717) is 12.2 Å². The summed E-state index contributed by atoms with van der Waals surface area (Å²) in [5.41, 5.74) is 5.63. The summed E-state index contributed by atoms with van der Waals surface area (Å²) < 4.78 is 19.3. The molecule has 38 heavy (non-hydrogen) atoms. The SMILES string of the molecule is COc1ccc2c(c1)CCn1c-2c(C(=O)c2ccc(OCCN3CCCCC3)cc2)c2ccc(OC)cc21. The van der Waals surface area contributed by atoms with Gasteiger partial charge in [-0.05, 0) is 92.5 Å². The quantitative estimate of drug-likeness (QED) is 0.273. The van der Waals surface area contributed by atoms with Crippen LogP contribution in [0.5, 0.6) is 17.2 Å². The summed E-state index contributed by atoms with van der Waals surface area (Å²) in [6, 6.07) is 19.7. The van der Waals surface area contributed by atoms with Crippen molar-refractivity contribution in [1.29, 1.82) is 0 Å². The fraction of sp³-hybridized carbons (Fsp3) is 0.344. The number of aromatic nitrogens is 1. The molecule has 0 radical (unpaired) electrons. The highest BCUT2D eigenvalue weighted by atomic mass is 16.5. The smallest absolute Gasteiger partial charge is 0.195 e. The lowest BCUT2D eigenvalue weighted by atomic mass is 9.92. The van der Waals surface area contributed by atoms with Gasteiger partial charge in [-0.3, -0.25) is 9.69 Å². The number of fused-ring (bicyclic) bond motifs is 5. The van der Waals surface area contributed by atoms with Crippen LogP contribution in [0.15, 0.2) is 60.7 Å². The topological polar surface area (TPSA) is 52.9 Å². The molecule has 6 heteroatoms. The lowest BCUT2D eigenvalue weighted by molar-refractivity contribution is 0.104. The van der Waals surface area contributed by atoms with E-state index in [4.69, 9.17) is 14.2 Å². The van der Waals surface area contributed by atoms with Crippen molar-refractivity contribution in [3.8, 4) is 28.5 Å². The molecule has 2 aliphatic heterocycles. The van der Waals surface area contributed by atoms with Crippen LogP contribution in [0, 0.1) is 0 Å². The Balaban J connectivity index is 1.33. The number of likely N-dealkylation sites (tertiary alicyclic amines) is 1. The standard InChI is InChI=1S/C32H34N2O4/c1-36-25-10-12-27-23(20-25)14-17-34-29-21-26(37-2)11-13-28(29)30(31(27)34)32(35)22-6-8-24(9-7-22)38-19-18-33-15-4-3-5-16-33/h6-13,20-21H,3-5,14-19H2,1-2H3. The van der Waals surface area contributed by atoms with E-state index in [0.717, 1.165) is 77.6 Å². The molecule has 0 unspecified atom stereocenters. The molecule has 0 amide bonds. The molecular weight excluding hydrogens is 476 g/mol. The van der Waals surface area contributed by atoms with Crippen molar-refractivity contribution in [3.63, 3.8) is 0 Å². The first-order chi connectivity index (χ1) is 18.7. The van der Waals surface area contributed by atoms with Crippen molar-refractivity contribution >= 4 is 16.7 Å². The number of carbonyl (C=O) groups excluding carboxylic acids is 1. The third-order valence-electron chi connectivity index (χ3n) is 7.91. The molecule has 4 aromatic rings. The number of rotatable bonds is 8. The van der Waals surface area contributed by atoms with Crippen LogP contribution in [0.3, 0.4) is 0 Å². The van der Waals surface area contributed by atoms with Crippen molar-refractivity contribution in [2.24, 2.45) is 0 Å². The van der Waals surface area contributed by atoms with Crippen LogP contribution in [0.2, 0.25) is 0 Å². The van der Waals surface area contributed by atoms with Gasteiger partial charge in [0.25, 0.3) is 0 Å². The van der Waals surface area contributed by atoms with Crippen LogP contribution in [0.25, 0.3) is 22.2 Å². The minimum atomic E-state index is 0.0115. The molecule has 0 saturated carbocycles. The molecule has 6 nitrogen and oxygen atoms in total. The van der Waals surface area contributed by atoms with Gasteiger partial charge in [0, 0.05) is 35.7 Å². The lowest BCUT2D eigenvalue weighted by Gasteiger charge is -2.26. The zero-order valence-electron chi connectivity index (χ0n) is 22.2. The van der Waals surface area contributed by atoms with E-state index < -0.39 is 0 Å². The van der Waals surface area contributed by atoms with E-state index >= 15 is 0 Å². The fourth-order valence-electron chi connectivity index (χ4n) is 5.89. The maximum Gasteiger partial charge on any atom is 0.195 e. The molecule has 2 aliphatic rings. The largest absolute Gasteiger partial charge is 0.497 e. The number of ether oxygens (including phenoxy) is 3. The number of aryl methyl sites for hydroxylation is 2. The van der Waals surface area contributed by atoms with Gasteiger partial charge >= 0.3 is 0 Å². The maximum absolute atomic E-state index is 14.1. The molecule has 3 heterocycles. The second-order valence-electron chi connectivity index (χ2n) is 10.1. The summed E-state index contributed by atoms with van der Waals surface area (Å²) >= 11 is 0. The van der Waals surface area contributed by atoms with E-state index in [1.807, 2.05) is 48.5 Å². The van der Waals surface area contributed by atoms with Gasteiger partial charge in [-0.25, -0.2) is 0 Å². The molecule has 6 rings (SSSR count). The normalized spacial score (nSPS) is 15.1. The predicted octanol–water partition coefficient (Wildman–Crippen LogP) is 5.98. The van der Waals surface area contributed by atoms with Crippen LogP contribution in [-0.4, -0.2) is 55.7 Å². The summed E-state index contributed by atoms with van der Waals surface area (Å²) in [7, 11) is 3.36. The van der Waals surface area contributed by atoms with E-state index in [1.54, 1.807) is 14.2 Å². The second kappa shape index (κ2) is 10.5. The minimum Gasteiger partial charge on any atom is -0.497 e. The number of hydrogen-bond donors (Lipinski definition) is 0. The highest BCUT2D eigenvalue weighted by Gasteiger charge is 2.29. The molecule has 1 aromatic heterocycles. The Kier molecular flexibility index (Phi) is 6.81. The Hall–Kier alpha value is -3.77. The molecule has 196 valence electrons. The van der Waals surface area contributed by atoms with Crippen LogP contribution in [0.4, 0.5) is 0 Å². The van der Waals surface area contributed by atoms with Crippen LogP contribution < -0.4 is 14.2 Å². The van der Waals surface area contributed by atoms with E-state index in [9.17, 15) is 4.79 Å². The molecule has 1 saturated heterocycles. The highest BCUT2D eigenvalue weighted by molar-refractivity contribution is 6.21. The van der Waals surface area contributed by atoms with E-state index in [-0.39, 0.29) is 5.78 Å². The van der Waals surface area contributed by atoms with Gasteiger partial charge in [0.15, 0.2) is 5.78 Å². The van der Waals surface area contributed by atoms with Crippen LogP contribution >= 0.6 is 0 Å². The number of ketones is 1. The first kappa shape index (κ1) is 24.6. The minimum absolute atomic E-state index is 0.0115. The highest BCUT2D eigenvalue weighted by Crippen LogP contribution is 2.42. The maximum atomic E-state index is 14.1. The van der Waals surface area contributed by atoms with Gasteiger partial charge < -0.3 is 18.8 Å². The molecule has 0 N–H and O–H groups in total. The van der Waals surface area contributed by atoms with Gasteiger partial charge in [0.05, 0.1) is 31.0 Å². The van der Waals surface area contributed by atoms with Crippen molar-refractivity contribution in [1.82, 2.24) is 9.47 Å². The number of hydrogen-bond acceptors (Lipinski definition) is 5. The zero-order valence-corrected chi connectivity index (χ0v) is 22.2. The molecule has 0 spiro atoms.